The number of methoxy groups -OCH3 is 1. The number of sulfonamides is 2. The van der Waals surface area contributed by atoms with Crippen molar-refractivity contribution in [1.29, 1.82) is 0 Å². The summed E-state index contributed by atoms with van der Waals surface area (Å²) in [6.45, 7) is 4.07. The third-order valence-electron chi connectivity index (χ3n) is 5.19. The monoisotopic (exact) mass is 452 g/mol. The Balaban J connectivity index is 1.78. The van der Waals surface area contributed by atoms with E-state index in [-0.39, 0.29) is 17.2 Å². The largest absolute Gasteiger partial charge is 0.497 e. The minimum absolute atomic E-state index is 0.122. The highest BCUT2D eigenvalue weighted by atomic mass is 32.2. The predicted molar refractivity (Wildman–Crippen MR) is 118 cm³/mol. The molecule has 0 bridgehead atoms. The Morgan fingerprint density at radius 3 is 2.43 bits per heavy atom. The maximum Gasteiger partial charge on any atom is 0.241 e. The summed E-state index contributed by atoms with van der Waals surface area (Å²) in [5.41, 5.74) is 2.55. The van der Waals surface area contributed by atoms with Gasteiger partial charge in [0.15, 0.2) is 0 Å². The molecular weight excluding hydrogens is 424 g/mol. The van der Waals surface area contributed by atoms with Gasteiger partial charge in [0.05, 0.1) is 23.4 Å². The summed E-state index contributed by atoms with van der Waals surface area (Å²) in [6.07, 6.45) is 1.97. The van der Waals surface area contributed by atoms with Crippen molar-refractivity contribution in [3.8, 4) is 5.75 Å². The van der Waals surface area contributed by atoms with E-state index in [0.29, 0.717) is 36.2 Å². The van der Waals surface area contributed by atoms with Gasteiger partial charge in [-0.15, -0.1) is 0 Å². The van der Waals surface area contributed by atoms with Gasteiger partial charge in [-0.1, -0.05) is 12.1 Å². The summed E-state index contributed by atoms with van der Waals surface area (Å²) in [4.78, 5) is 0.200. The van der Waals surface area contributed by atoms with Crippen LogP contribution in [0, 0.1) is 13.8 Å². The second-order valence-corrected chi connectivity index (χ2v) is 11.2. The molecule has 1 aliphatic heterocycles. The summed E-state index contributed by atoms with van der Waals surface area (Å²) < 4.78 is 59.9. The molecule has 9 heteroatoms. The zero-order chi connectivity index (χ0) is 21.9. The number of nitrogens with one attached hydrogen (secondary N) is 1. The number of benzene rings is 2. The molecule has 0 aliphatic carbocycles. The van der Waals surface area contributed by atoms with Gasteiger partial charge < -0.3 is 4.74 Å². The quantitative estimate of drug-likeness (QED) is 0.697. The molecule has 1 aliphatic rings. The molecule has 3 rings (SSSR count). The maximum absolute atomic E-state index is 12.9. The normalized spacial score (nSPS) is 16.4. The fraction of sp³-hybridized carbons (Fsp3) is 0.429. The molecule has 1 saturated heterocycles. The number of aryl methyl sites for hydroxylation is 2. The van der Waals surface area contributed by atoms with Crippen LogP contribution < -0.4 is 13.8 Å². The number of hydrogen-bond acceptors (Lipinski definition) is 5. The van der Waals surface area contributed by atoms with Crippen molar-refractivity contribution in [3.63, 3.8) is 0 Å². The van der Waals surface area contributed by atoms with Crippen molar-refractivity contribution < 1.29 is 21.6 Å². The Kier molecular flexibility index (Phi) is 6.74. The van der Waals surface area contributed by atoms with E-state index in [0.717, 1.165) is 17.7 Å². The molecule has 0 amide bonds. The van der Waals surface area contributed by atoms with E-state index >= 15 is 0 Å². The molecule has 0 unspecified atom stereocenters. The van der Waals surface area contributed by atoms with Gasteiger partial charge in [0.2, 0.25) is 20.0 Å². The SMILES string of the molecule is COc1cccc(CCNS(=O)(=O)c2c(C)cc(N3CCCCS3(=O)=O)cc2C)c1. The fourth-order valence-corrected chi connectivity index (χ4v) is 6.91. The molecule has 0 spiro atoms. The smallest absolute Gasteiger partial charge is 0.241 e. The van der Waals surface area contributed by atoms with Crippen LogP contribution in [-0.4, -0.2) is 42.8 Å². The average molecular weight is 453 g/mol. The third-order valence-corrected chi connectivity index (χ3v) is 8.83. The number of ether oxygens (including phenoxy) is 1. The van der Waals surface area contributed by atoms with Crippen LogP contribution in [0.25, 0.3) is 0 Å². The molecular formula is C21H28N2O5S2. The van der Waals surface area contributed by atoms with Crippen LogP contribution in [0.1, 0.15) is 29.5 Å². The molecule has 2 aromatic rings. The Hall–Kier alpha value is -2.10. The van der Waals surface area contributed by atoms with E-state index in [1.807, 2.05) is 24.3 Å². The van der Waals surface area contributed by atoms with Gasteiger partial charge in [-0.05, 0) is 74.1 Å². The first kappa shape index (κ1) is 22.6. The molecule has 1 N–H and O–H groups in total. The van der Waals surface area contributed by atoms with Gasteiger partial charge >= 0.3 is 0 Å². The second kappa shape index (κ2) is 8.95. The van der Waals surface area contributed by atoms with Crippen LogP contribution >= 0.6 is 0 Å². The number of nitrogens with zero attached hydrogens (tertiary/aromatic N) is 1. The molecule has 164 valence electrons. The Morgan fingerprint density at radius 2 is 1.80 bits per heavy atom. The van der Waals surface area contributed by atoms with E-state index < -0.39 is 20.0 Å². The van der Waals surface area contributed by atoms with Crippen molar-refractivity contribution in [3.05, 3.63) is 53.1 Å². The molecule has 0 aromatic heterocycles. The minimum Gasteiger partial charge on any atom is -0.497 e. The Bertz CT molecular complexity index is 1100. The first-order valence-corrected chi connectivity index (χ1v) is 13.0. The van der Waals surface area contributed by atoms with Gasteiger partial charge in [-0.25, -0.2) is 21.6 Å². The van der Waals surface area contributed by atoms with Crippen LogP contribution in [0.2, 0.25) is 0 Å². The molecule has 7 nitrogen and oxygen atoms in total. The average Bonchev–Trinajstić information content (AvgIpc) is 2.66. The van der Waals surface area contributed by atoms with Gasteiger partial charge in [-0.2, -0.15) is 0 Å². The third kappa shape index (κ3) is 4.96. The van der Waals surface area contributed by atoms with E-state index in [1.54, 1.807) is 33.1 Å². The second-order valence-electron chi connectivity index (χ2n) is 7.50. The first-order chi connectivity index (χ1) is 14.1. The minimum atomic E-state index is -3.73. The van der Waals surface area contributed by atoms with Gasteiger partial charge in [-0.3, -0.25) is 4.31 Å². The van der Waals surface area contributed by atoms with Gasteiger partial charge in [0.25, 0.3) is 0 Å². The predicted octanol–water partition coefficient (Wildman–Crippen LogP) is 2.76. The lowest BCUT2D eigenvalue weighted by molar-refractivity contribution is 0.414. The highest BCUT2D eigenvalue weighted by Gasteiger charge is 2.28. The topological polar surface area (TPSA) is 92.8 Å². The zero-order valence-corrected chi connectivity index (χ0v) is 19.1. The van der Waals surface area contributed by atoms with E-state index in [9.17, 15) is 16.8 Å². The fourth-order valence-electron chi connectivity index (χ4n) is 3.80. The van der Waals surface area contributed by atoms with Crippen LogP contribution in [0.4, 0.5) is 5.69 Å². The summed E-state index contributed by atoms with van der Waals surface area (Å²) in [7, 11) is -5.49. The molecule has 1 fully saturated rings. The molecule has 0 saturated carbocycles. The zero-order valence-electron chi connectivity index (χ0n) is 17.5. The van der Waals surface area contributed by atoms with Crippen LogP contribution in [0.3, 0.4) is 0 Å². The standard InChI is InChI=1S/C21H28N2O5S2/c1-16-13-19(23-11-4-5-12-29(23,24)25)14-17(2)21(16)30(26,27)22-10-9-18-7-6-8-20(15-18)28-3/h6-8,13-15,22H,4-5,9-12H2,1-3H3. The summed E-state index contributed by atoms with van der Waals surface area (Å²) in [5.74, 6) is 0.849. The maximum atomic E-state index is 12.9. The van der Waals surface area contributed by atoms with Crippen molar-refractivity contribution in [2.75, 3.05) is 30.3 Å². The number of rotatable bonds is 7. The summed E-state index contributed by atoms with van der Waals surface area (Å²) >= 11 is 0. The number of anilines is 1. The first-order valence-electron chi connectivity index (χ1n) is 9.88. The van der Waals surface area contributed by atoms with Crippen LogP contribution in [0.5, 0.6) is 5.75 Å². The van der Waals surface area contributed by atoms with Crippen LogP contribution in [-0.2, 0) is 26.5 Å². The van der Waals surface area contributed by atoms with Crippen LogP contribution in [0.15, 0.2) is 41.3 Å². The molecule has 0 atom stereocenters. The Labute approximate surface area is 179 Å². The summed E-state index contributed by atoms with van der Waals surface area (Å²) in [5, 5.41) is 0. The van der Waals surface area contributed by atoms with E-state index in [2.05, 4.69) is 4.72 Å². The highest BCUT2D eigenvalue weighted by molar-refractivity contribution is 7.92. The van der Waals surface area contributed by atoms with Crippen molar-refractivity contribution in [2.24, 2.45) is 0 Å². The molecule has 30 heavy (non-hydrogen) atoms. The van der Waals surface area contributed by atoms with Gasteiger partial charge in [0.1, 0.15) is 5.75 Å². The Morgan fingerprint density at radius 1 is 1.10 bits per heavy atom. The lowest BCUT2D eigenvalue weighted by atomic mass is 10.1. The molecule has 1 heterocycles. The number of hydrogen-bond donors (Lipinski definition) is 1. The van der Waals surface area contributed by atoms with E-state index in [1.165, 1.54) is 4.31 Å². The molecule has 2 aromatic carbocycles. The van der Waals surface area contributed by atoms with Crippen molar-refractivity contribution in [2.45, 2.75) is 38.0 Å². The highest BCUT2D eigenvalue weighted by Crippen LogP contribution is 2.30. The lowest BCUT2D eigenvalue weighted by Gasteiger charge is -2.29. The summed E-state index contributed by atoms with van der Waals surface area (Å²) in [6, 6.07) is 10.8. The lowest BCUT2D eigenvalue weighted by Crippen LogP contribution is -2.38. The van der Waals surface area contributed by atoms with Crippen molar-refractivity contribution >= 4 is 25.7 Å². The van der Waals surface area contributed by atoms with Crippen molar-refractivity contribution in [1.82, 2.24) is 4.72 Å². The van der Waals surface area contributed by atoms with Gasteiger partial charge in [0, 0.05) is 13.1 Å². The molecule has 0 radical (unpaired) electrons. The van der Waals surface area contributed by atoms with E-state index in [4.69, 9.17) is 4.74 Å².